The molecule has 0 radical (unpaired) electrons. The van der Waals surface area contributed by atoms with E-state index in [1.54, 1.807) is 19.2 Å². The number of benzene rings is 1. The Kier molecular flexibility index (Phi) is 5.58. The molecule has 0 atom stereocenters. The van der Waals surface area contributed by atoms with Crippen LogP contribution >= 0.6 is 0 Å². The summed E-state index contributed by atoms with van der Waals surface area (Å²) < 4.78 is 5.37. The predicted octanol–water partition coefficient (Wildman–Crippen LogP) is 2.54. The third-order valence-electron chi connectivity index (χ3n) is 3.86. The van der Waals surface area contributed by atoms with Crippen LogP contribution in [-0.4, -0.2) is 26.3 Å². The zero-order valence-corrected chi connectivity index (χ0v) is 12.9. The molecule has 0 amide bonds. The summed E-state index contributed by atoms with van der Waals surface area (Å²) in [6.45, 7) is 1.89. The molecular weight excluding hydrogens is 290 g/mol. The quantitative estimate of drug-likeness (QED) is 0.859. The first kappa shape index (κ1) is 16.4. The number of methoxy groups -OCH3 is 1. The average Bonchev–Trinajstić information content (AvgIpc) is 2.62. The van der Waals surface area contributed by atoms with Gasteiger partial charge in [-0.3, -0.25) is 0 Å². The van der Waals surface area contributed by atoms with Gasteiger partial charge in [-0.2, -0.15) is 15.8 Å². The fraction of sp³-hybridized carbons (Fsp3) is 0.353. The van der Waals surface area contributed by atoms with Gasteiger partial charge in [-0.05, 0) is 37.1 Å². The number of anilines is 2. The summed E-state index contributed by atoms with van der Waals surface area (Å²) in [6, 6.07) is 12.9. The summed E-state index contributed by atoms with van der Waals surface area (Å²) in [5, 5.41) is 29.5. The highest BCUT2D eigenvalue weighted by Crippen LogP contribution is 2.23. The number of hydrogen-bond acceptors (Lipinski definition) is 6. The maximum atomic E-state index is 9.03. The highest BCUT2D eigenvalue weighted by molar-refractivity contribution is 5.61. The lowest BCUT2D eigenvalue weighted by Gasteiger charge is -2.33. The molecule has 1 aromatic carbocycles. The molecule has 0 aliphatic carbocycles. The van der Waals surface area contributed by atoms with Gasteiger partial charge in [0.25, 0.3) is 0 Å². The minimum atomic E-state index is -0.224. The zero-order valence-electron chi connectivity index (χ0n) is 12.9. The summed E-state index contributed by atoms with van der Waals surface area (Å²) in [7, 11) is 1.75. The van der Waals surface area contributed by atoms with Crippen LogP contribution in [0.2, 0.25) is 0 Å². The van der Waals surface area contributed by atoms with E-state index < -0.39 is 0 Å². The Labute approximate surface area is 135 Å². The molecule has 23 heavy (non-hydrogen) atoms. The summed E-state index contributed by atoms with van der Waals surface area (Å²) in [4.78, 5) is 2.29. The molecule has 6 nitrogen and oxygen atoms in total. The third kappa shape index (κ3) is 4.01. The Bertz CT molecular complexity index is 678. The molecule has 2 rings (SSSR count). The summed E-state index contributed by atoms with van der Waals surface area (Å²) in [5.41, 5.74) is 1.51. The van der Waals surface area contributed by atoms with Gasteiger partial charge in [0.15, 0.2) is 5.57 Å². The second-order valence-corrected chi connectivity index (χ2v) is 5.18. The van der Waals surface area contributed by atoms with Crippen molar-refractivity contribution < 1.29 is 4.74 Å². The van der Waals surface area contributed by atoms with Gasteiger partial charge in [0.2, 0.25) is 0 Å². The van der Waals surface area contributed by atoms with Gasteiger partial charge in [0, 0.05) is 31.6 Å². The number of nitrogens with one attached hydrogen (secondary N) is 1. The first-order chi connectivity index (χ1) is 11.2. The third-order valence-corrected chi connectivity index (χ3v) is 3.86. The number of nitriles is 3. The minimum Gasteiger partial charge on any atom is -0.381 e. The van der Waals surface area contributed by atoms with Crippen LogP contribution in [0.4, 0.5) is 11.4 Å². The van der Waals surface area contributed by atoms with Gasteiger partial charge in [-0.25, -0.2) is 0 Å². The summed E-state index contributed by atoms with van der Waals surface area (Å²) in [6.07, 6.45) is 2.35. The first-order valence-corrected chi connectivity index (χ1v) is 7.31. The van der Waals surface area contributed by atoms with Gasteiger partial charge in [-0.1, -0.05) is 0 Å². The van der Waals surface area contributed by atoms with E-state index >= 15 is 0 Å². The minimum absolute atomic E-state index is 0.0383. The van der Waals surface area contributed by atoms with Crippen LogP contribution < -0.4 is 10.2 Å². The lowest BCUT2D eigenvalue weighted by Crippen LogP contribution is -2.36. The first-order valence-electron chi connectivity index (χ1n) is 7.31. The second-order valence-electron chi connectivity index (χ2n) is 5.18. The number of rotatable bonds is 4. The van der Waals surface area contributed by atoms with E-state index in [0.29, 0.717) is 11.8 Å². The van der Waals surface area contributed by atoms with Crippen LogP contribution in [0.3, 0.4) is 0 Å². The van der Waals surface area contributed by atoms with Gasteiger partial charge in [0.1, 0.15) is 23.9 Å². The number of nitrogens with zero attached hydrogens (tertiary/aromatic N) is 4. The molecule has 1 fully saturated rings. The summed E-state index contributed by atoms with van der Waals surface area (Å²) >= 11 is 0. The maximum Gasteiger partial charge on any atom is 0.163 e. The molecule has 1 N–H and O–H groups in total. The summed E-state index contributed by atoms with van der Waals surface area (Å²) in [5.74, 6) is 0. The van der Waals surface area contributed by atoms with Gasteiger partial charge >= 0.3 is 0 Å². The van der Waals surface area contributed by atoms with E-state index in [2.05, 4.69) is 10.2 Å². The van der Waals surface area contributed by atoms with Crippen molar-refractivity contribution in [1.82, 2.24) is 0 Å². The van der Waals surface area contributed by atoms with Crippen molar-refractivity contribution >= 4 is 11.4 Å². The van der Waals surface area contributed by atoms with Crippen LogP contribution in [0.5, 0.6) is 0 Å². The van der Waals surface area contributed by atoms with E-state index in [1.165, 1.54) is 0 Å². The average molecular weight is 307 g/mol. The molecule has 1 saturated heterocycles. The Balaban J connectivity index is 2.06. The van der Waals surface area contributed by atoms with Crippen LogP contribution in [0, 0.1) is 34.0 Å². The standard InChI is InChI=1S/C17H17N5O/c1-23-16-6-8-22(9-7-16)15-4-2-14(3-5-15)21-17(12-20)13(10-18)11-19/h2-5,16,21H,6-9H2,1H3. The van der Waals surface area contributed by atoms with Gasteiger partial charge in [-0.15, -0.1) is 0 Å². The van der Waals surface area contributed by atoms with E-state index in [-0.39, 0.29) is 11.3 Å². The Morgan fingerprint density at radius 1 is 1.09 bits per heavy atom. The Morgan fingerprint density at radius 3 is 2.17 bits per heavy atom. The highest BCUT2D eigenvalue weighted by atomic mass is 16.5. The molecule has 0 aromatic heterocycles. The highest BCUT2D eigenvalue weighted by Gasteiger charge is 2.18. The van der Waals surface area contributed by atoms with E-state index in [9.17, 15) is 0 Å². The number of ether oxygens (including phenoxy) is 1. The van der Waals surface area contributed by atoms with Crippen molar-refractivity contribution in [1.29, 1.82) is 15.8 Å². The molecule has 0 unspecified atom stereocenters. The fourth-order valence-corrected chi connectivity index (χ4v) is 2.53. The number of piperidine rings is 1. The van der Waals surface area contributed by atoms with Crippen molar-refractivity contribution in [3.8, 4) is 18.2 Å². The predicted molar refractivity (Wildman–Crippen MR) is 86.2 cm³/mol. The molecule has 6 heteroatoms. The van der Waals surface area contributed by atoms with Crippen LogP contribution in [0.1, 0.15) is 12.8 Å². The van der Waals surface area contributed by atoms with Crippen molar-refractivity contribution in [3.63, 3.8) is 0 Å². The monoisotopic (exact) mass is 307 g/mol. The molecule has 116 valence electrons. The number of hydrogen-bond donors (Lipinski definition) is 1. The van der Waals surface area contributed by atoms with Crippen LogP contribution in [-0.2, 0) is 4.74 Å². The van der Waals surface area contributed by atoms with Crippen LogP contribution in [0.25, 0.3) is 0 Å². The lowest BCUT2D eigenvalue weighted by atomic mass is 10.1. The molecule has 0 bridgehead atoms. The van der Waals surface area contributed by atoms with Crippen LogP contribution in [0.15, 0.2) is 35.5 Å². The molecule has 1 aromatic rings. The van der Waals surface area contributed by atoms with Gasteiger partial charge < -0.3 is 15.0 Å². The smallest absolute Gasteiger partial charge is 0.163 e. The van der Waals surface area contributed by atoms with E-state index in [4.69, 9.17) is 20.5 Å². The molecule has 0 spiro atoms. The number of allylic oxidation sites excluding steroid dienone is 2. The molecule has 1 heterocycles. The molecule has 1 aliphatic rings. The zero-order chi connectivity index (χ0) is 16.7. The largest absolute Gasteiger partial charge is 0.381 e. The SMILES string of the molecule is COC1CCN(c2ccc(NC(C#N)=C(C#N)C#N)cc2)CC1. The normalized spacial score (nSPS) is 14.3. The Morgan fingerprint density at radius 2 is 1.70 bits per heavy atom. The van der Waals surface area contributed by atoms with Crippen molar-refractivity contribution in [2.24, 2.45) is 0 Å². The Hall–Kier alpha value is -3.01. The molecule has 1 aliphatic heterocycles. The maximum absolute atomic E-state index is 9.03. The van der Waals surface area contributed by atoms with E-state index in [0.717, 1.165) is 31.6 Å². The van der Waals surface area contributed by atoms with Gasteiger partial charge in [0.05, 0.1) is 6.10 Å². The lowest BCUT2D eigenvalue weighted by molar-refractivity contribution is 0.0819. The van der Waals surface area contributed by atoms with Crippen molar-refractivity contribution in [2.45, 2.75) is 18.9 Å². The fourth-order valence-electron chi connectivity index (χ4n) is 2.53. The molecular formula is C17H17N5O. The van der Waals surface area contributed by atoms with Crippen molar-refractivity contribution in [3.05, 3.63) is 35.5 Å². The van der Waals surface area contributed by atoms with E-state index in [1.807, 2.05) is 30.3 Å². The second kappa shape index (κ2) is 7.84. The molecule has 0 saturated carbocycles. The topological polar surface area (TPSA) is 95.9 Å². The van der Waals surface area contributed by atoms with Crippen molar-refractivity contribution in [2.75, 3.05) is 30.4 Å².